The first-order valence-electron chi connectivity index (χ1n) is 6.48. The maximum atomic E-state index is 12.0. The van der Waals surface area contributed by atoms with E-state index in [9.17, 15) is 9.90 Å². The van der Waals surface area contributed by atoms with Crippen molar-refractivity contribution in [3.05, 3.63) is 35.1 Å². The molecule has 1 atom stereocenters. The first-order valence-corrected chi connectivity index (χ1v) is 6.86. The summed E-state index contributed by atoms with van der Waals surface area (Å²) in [5, 5.41) is 23.4. The highest BCUT2D eigenvalue weighted by Crippen LogP contribution is 2.19. The lowest BCUT2D eigenvalue weighted by Crippen LogP contribution is -2.34. The van der Waals surface area contributed by atoms with Gasteiger partial charge in [0.25, 0.3) is 5.91 Å². The van der Waals surface area contributed by atoms with E-state index in [1.165, 1.54) is 11.0 Å². The minimum Gasteiger partial charge on any atom is -0.391 e. The van der Waals surface area contributed by atoms with Crippen LogP contribution in [-0.2, 0) is 0 Å². The van der Waals surface area contributed by atoms with Gasteiger partial charge in [0.2, 0.25) is 0 Å². The normalized spacial score (nSPS) is 12.4. The molecule has 2 N–H and O–H groups in total. The highest BCUT2D eigenvalue weighted by molar-refractivity contribution is 6.34. The van der Waals surface area contributed by atoms with Crippen LogP contribution in [0.3, 0.4) is 0 Å². The number of aliphatic hydroxyl groups excluding tert-OH is 1. The number of carbonyl (C=O) groups is 1. The molecule has 0 bridgehead atoms. The smallest absolute Gasteiger partial charge is 0.252 e. The number of rotatable bonds is 5. The van der Waals surface area contributed by atoms with Crippen LogP contribution in [0, 0.1) is 5.92 Å². The fraction of sp³-hybridized carbons (Fsp3) is 0.385. The van der Waals surface area contributed by atoms with E-state index in [-0.39, 0.29) is 18.4 Å². The van der Waals surface area contributed by atoms with Crippen molar-refractivity contribution in [3.63, 3.8) is 0 Å². The monoisotopic (exact) mass is 309 g/mol. The van der Waals surface area contributed by atoms with Crippen LogP contribution in [0.2, 0.25) is 5.02 Å². The molecule has 1 amide bonds. The highest BCUT2D eigenvalue weighted by Gasteiger charge is 2.15. The minimum atomic E-state index is -0.590. The molecule has 1 unspecified atom stereocenters. The third-order valence-corrected chi connectivity index (χ3v) is 3.36. The van der Waals surface area contributed by atoms with Crippen molar-refractivity contribution >= 4 is 17.5 Å². The van der Waals surface area contributed by atoms with Gasteiger partial charge in [-0.15, -0.1) is 5.10 Å². The summed E-state index contributed by atoms with van der Waals surface area (Å²) in [6.07, 6.45) is 0.845. The van der Waals surface area contributed by atoms with Gasteiger partial charge in [0, 0.05) is 6.54 Å². The van der Waals surface area contributed by atoms with E-state index in [1.54, 1.807) is 18.2 Å². The largest absolute Gasteiger partial charge is 0.391 e. The first kappa shape index (κ1) is 15.4. The molecule has 1 aromatic heterocycles. The summed E-state index contributed by atoms with van der Waals surface area (Å²) in [4.78, 5) is 12.0. The van der Waals surface area contributed by atoms with E-state index in [0.717, 1.165) is 0 Å². The highest BCUT2D eigenvalue weighted by atomic mass is 35.5. The molecule has 0 aliphatic rings. The standard InChI is InChI=1S/C13H16ClN5O2/c1-8(2)12(20)6-15-13(21)10-4-3-9(5-11(10)14)19-7-16-17-18-19/h3-5,7-8,12,20H,6H2,1-2H3,(H,15,21). The minimum absolute atomic E-state index is 0.0722. The molecular weight excluding hydrogens is 294 g/mol. The lowest BCUT2D eigenvalue weighted by atomic mass is 10.1. The Hall–Kier alpha value is -1.99. The van der Waals surface area contributed by atoms with E-state index in [2.05, 4.69) is 20.8 Å². The van der Waals surface area contributed by atoms with Crippen molar-refractivity contribution in [3.8, 4) is 5.69 Å². The molecule has 2 aromatic rings. The summed E-state index contributed by atoms with van der Waals surface area (Å²) < 4.78 is 1.44. The Labute approximate surface area is 126 Å². The van der Waals surface area contributed by atoms with Crippen molar-refractivity contribution < 1.29 is 9.90 Å². The average Bonchev–Trinajstić information content (AvgIpc) is 2.98. The molecule has 1 heterocycles. The zero-order valence-corrected chi connectivity index (χ0v) is 12.4. The fourth-order valence-electron chi connectivity index (χ4n) is 1.64. The second-order valence-corrected chi connectivity index (χ2v) is 5.35. The number of aromatic nitrogens is 4. The van der Waals surface area contributed by atoms with Crippen LogP contribution in [0.25, 0.3) is 5.69 Å². The van der Waals surface area contributed by atoms with Gasteiger partial charge in [0.1, 0.15) is 6.33 Å². The molecule has 21 heavy (non-hydrogen) atoms. The van der Waals surface area contributed by atoms with Gasteiger partial charge >= 0.3 is 0 Å². The molecule has 0 aliphatic heterocycles. The zero-order valence-electron chi connectivity index (χ0n) is 11.7. The Balaban J connectivity index is 2.08. The summed E-state index contributed by atoms with van der Waals surface area (Å²) in [5.74, 6) is -0.258. The molecule has 8 heteroatoms. The maximum Gasteiger partial charge on any atom is 0.252 e. The summed E-state index contributed by atoms with van der Waals surface area (Å²) in [6.45, 7) is 3.94. The van der Waals surface area contributed by atoms with Crippen LogP contribution in [0.15, 0.2) is 24.5 Å². The van der Waals surface area contributed by atoms with Crippen molar-refractivity contribution in [1.29, 1.82) is 0 Å². The molecule has 0 radical (unpaired) electrons. The Kier molecular flexibility index (Phi) is 4.87. The maximum absolute atomic E-state index is 12.0. The van der Waals surface area contributed by atoms with Gasteiger partial charge in [-0.1, -0.05) is 25.4 Å². The third-order valence-electron chi connectivity index (χ3n) is 3.05. The van der Waals surface area contributed by atoms with Crippen LogP contribution in [-0.4, -0.2) is 43.9 Å². The van der Waals surface area contributed by atoms with Gasteiger partial charge < -0.3 is 10.4 Å². The van der Waals surface area contributed by atoms with Crippen molar-refractivity contribution in [1.82, 2.24) is 25.5 Å². The molecule has 0 saturated carbocycles. The van der Waals surface area contributed by atoms with Gasteiger partial charge in [0.15, 0.2) is 0 Å². The average molecular weight is 310 g/mol. The second kappa shape index (κ2) is 6.64. The number of hydrogen-bond donors (Lipinski definition) is 2. The topological polar surface area (TPSA) is 92.9 Å². The summed E-state index contributed by atoms with van der Waals surface area (Å²) in [7, 11) is 0. The van der Waals surface area contributed by atoms with E-state index in [0.29, 0.717) is 16.3 Å². The first-order chi connectivity index (χ1) is 9.99. The number of amides is 1. The number of nitrogens with one attached hydrogen (secondary N) is 1. The van der Waals surface area contributed by atoms with Crippen LogP contribution < -0.4 is 5.32 Å². The molecule has 2 rings (SSSR count). The Morgan fingerprint density at radius 2 is 2.24 bits per heavy atom. The van der Waals surface area contributed by atoms with Crippen molar-refractivity contribution in [2.75, 3.05) is 6.54 Å². The van der Waals surface area contributed by atoms with Crippen LogP contribution in [0.5, 0.6) is 0 Å². The van der Waals surface area contributed by atoms with Gasteiger partial charge in [-0.25, -0.2) is 4.68 Å². The van der Waals surface area contributed by atoms with Crippen LogP contribution in [0.4, 0.5) is 0 Å². The predicted octanol–water partition coefficient (Wildman–Crippen LogP) is 1.06. The Bertz CT molecular complexity index is 615. The molecule has 0 saturated heterocycles. The molecular formula is C13H16ClN5O2. The summed E-state index contributed by atoms with van der Waals surface area (Å²) in [5.41, 5.74) is 0.994. The predicted molar refractivity (Wildman–Crippen MR) is 77.3 cm³/mol. The molecule has 0 aliphatic carbocycles. The van der Waals surface area contributed by atoms with E-state index >= 15 is 0 Å². The lowest BCUT2D eigenvalue weighted by molar-refractivity contribution is 0.0872. The molecule has 1 aromatic carbocycles. The summed E-state index contributed by atoms with van der Waals surface area (Å²) >= 11 is 6.11. The van der Waals surface area contributed by atoms with Crippen LogP contribution in [0.1, 0.15) is 24.2 Å². The lowest BCUT2D eigenvalue weighted by Gasteiger charge is -2.15. The van der Waals surface area contributed by atoms with E-state index in [1.807, 2.05) is 13.8 Å². The Morgan fingerprint density at radius 1 is 1.48 bits per heavy atom. The number of benzene rings is 1. The number of carbonyl (C=O) groups excluding carboxylic acids is 1. The SMILES string of the molecule is CC(C)C(O)CNC(=O)c1ccc(-n2cnnn2)cc1Cl. The fourth-order valence-corrected chi connectivity index (χ4v) is 1.90. The molecule has 112 valence electrons. The second-order valence-electron chi connectivity index (χ2n) is 4.94. The number of halogens is 1. The number of nitrogens with zero attached hydrogens (tertiary/aromatic N) is 4. The summed E-state index contributed by atoms with van der Waals surface area (Å²) in [6, 6.07) is 4.89. The zero-order chi connectivity index (χ0) is 15.4. The molecule has 0 fully saturated rings. The molecule has 0 spiro atoms. The van der Waals surface area contributed by atoms with Gasteiger partial charge in [-0.2, -0.15) is 0 Å². The Morgan fingerprint density at radius 3 is 2.81 bits per heavy atom. The quantitative estimate of drug-likeness (QED) is 0.861. The van der Waals surface area contributed by atoms with Gasteiger partial charge in [0.05, 0.1) is 22.4 Å². The van der Waals surface area contributed by atoms with Crippen molar-refractivity contribution in [2.45, 2.75) is 20.0 Å². The van der Waals surface area contributed by atoms with E-state index < -0.39 is 6.10 Å². The number of tetrazole rings is 1. The van der Waals surface area contributed by atoms with Gasteiger partial charge in [-0.3, -0.25) is 4.79 Å². The third kappa shape index (κ3) is 3.77. The molecule has 7 nitrogen and oxygen atoms in total. The van der Waals surface area contributed by atoms with Crippen molar-refractivity contribution in [2.24, 2.45) is 5.92 Å². The number of hydrogen-bond acceptors (Lipinski definition) is 5. The van der Waals surface area contributed by atoms with Crippen LogP contribution >= 0.6 is 11.6 Å². The number of aliphatic hydroxyl groups is 1. The van der Waals surface area contributed by atoms with E-state index in [4.69, 9.17) is 11.6 Å². The van der Waals surface area contributed by atoms with Gasteiger partial charge in [-0.05, 0) is 34.5 Å².